The van der Waals surface area contributed by atoms with Gasteiger partial charge in [-0.2, -0.15) is 0 Å². The molecule has 0 spiro atoms. The number of hydrogen-bond donors (Lipinski definition) is 0. The minimum atomic E-state index is -0.335. The third-order valence-corrected chi connectivity index (χ3v) is 6.96. The molecular formula is C30H29BO2. The molecule has 4 aromatic rings. The molecule has 1 heterocycles. The molecule has 0 atom stereocenters. The topological polar surface area (TPSA) is 18.5 Å². The summed E-state index contributed by atoms with van der Waals surface area (Å²) in [7, 11) is -0.335. The fourth-order valence-corrected chi connectivity index (χ4v) is 4.18. The van der Waals surface area contributed by atoms with Gasteiger partial charge in [0.05, 0.1) is 11.2 Å². The Morgan fingerprint density at radius 3 is 1.36 bits per heavy atom. The third kappa shape index (κ3) is 4.27. The summed E-state index contributed by atoms with van der Waals surface area (Å²) in [6.07, 6.45) is 0. The standard InChI is InChI=1S/C30H29BO2/c1-29(2)30(3,4)33-31(32-29)28-19-17-25(18-20-28)27-12-8-11-26(21-27)24-15-13-23(14-16-24)22-9-6-5-7-10-22/h5-21H,1-4H3. The highest BCUT2D eigenvalue weighted by molar-refractivity contribution is 6.62. The Kier molecular flexibility index (Phi) is 5.48. The van der Waals surface area contributed by atoms with Gasteiger partial charge in [-0.25, -0.2) is 0 Å². The van der Waals surface area contributed by atoms with Gasteiger partial charge in [-0.05, 0) is 72.6 Å². The van der Waals surface area contributed by atoms with Crippen molar-refractivity contribution in [1.29, 1.82) is 0 Å². The summed E-state index contributed by atoms with van der Waals surface area (Å²) in [5, 5.41) is 0. The van der Waals surface area contributed by atoms with Crippen LogP contribution >= 0.6 is 0 Å². The number of benzene rings is 4. The van der Waals surface area contributed by atoms with Crippen molar-refractivity contribution in [3.8, 4) is 33.4 Å². The normalized spacial score (nSPS) is 16.7. The molecule has 0 radical (unpaired) electrons. The van der Waals surface area contributed by atoms with Crippen molar-refractivity contribution in [2.75, 3.05) is 0 Å². The van der Waals surface area contributed by atoms with E-state index in [9.17, 15) is 0 Å². The van der Waals surface area contributed by atoms with Gasteiger partial charge in [-0.1, -0.05) is 97.1 Å². The first-order valence-electron chi connectivity index (χ1n) is 11.5. The maximum atomic E-state index is 6.19. The number of hydrogen-bond acceptors (Lipinski definition) is 2. The van der Waals surface area contributed by atoms with Crippen LogP contribution in [0.4, 0.5) is 0 Å². The Hall–Kier alpha value is -3.14. The largest absolute Gasteiger partial charge is 0.494 e. The minimum Gasteiger partial charge on any atom is -0.399 e. The smallest absolute Gasteiger partial charge is 0.399 e. The molecule has 0 N–H and O–H groups in total. The predicted octanol–water partition coefficient (Wildman–Crippen LogP) is 6.99. The lowest BCUT2D eigenvalue weighted by Gasteiger charge is -2.32. The monoisotopic (exact) mass is 432 g/mol. The number of rotatable bonds is 4. The average molecular weight is 432 g/mol. The van der Waals surface area contributed by atoms with Gasteiger partial charge in [0.15, 0.2) is 0 Å². The van der Waals surface area contributed by atoms with Crippen LogP contribution in [0.15, 0.2) is 103 Å². The molecule has 1 aliphatic heterocycles. The lowest BCUT2D eigenvalue weighted by atomic mass is 9.78. The van der Waals surface area contributed by atoms with Gasteiger partial charge in [0.25, 0.3) is 0 Å². The summed E-state index contributed by atoms with van der Waals surface area (Å²) in [5.74, 6) is 0. The van der Waals surface area contributed by atoms with Crippen LogP contribution in [0.3, 0.4) is 0 Å². The van der Waals surface area contributed by atoms with Gasteiger partial charge in [-0.15, -0.1) is 0 Å². The van der Waals surface area contributed by atoms with Crippen LogP contribution in [0.25, 0.3) is 33.4 Å². The fraction of sp³-hybridized carbons (Fsp3) is 0.200. The van der Waals surface area contributed by atoms with Gasteiger partial charge >= 0.3 is 7.12 Å². The van der Waals surface area contributed by atoms with E-state index in [1.165, 1.54) is 33.4 Å². The molecule has 164 valence electrons. The van der Waals surface area contributed by atoms with Crippen molar-refractivity contribution in [2.24, 2.45) is 0 Å². The van der Waals surface area contributed by atoms with E-state index in [4.69, 9.17) is 9.31 Å². The average Bonchev–Trinajstić information content (AvgIpc) is 3.07. The van der Waals surface area contributed by atoms with Crippen molar-refractivity contribution >= 4 is 12.6 Å². The molecule has 0 bridgehead atoms. The van der Waals surface area contributed by atoms with E-state index in [0.29, 0.717) is 0 Å². The Morgan fingerprint density at radius 1 is 0.455 bits per heavy atom. The molecule has 0 saturated carbocycles. The van der Waals surface area contributed by atoms with E-state index >= 15 is 0 Å². The molecule has 33 heavy (non-hydrogen) atoms. The zero-order valence-electron chi connectivity index (χ0n) is 19.7. The zero-order valence-corrected chi connectivity index (χ0v) is 19.7. The van der Waals surface area contributed by atoms with E-state index in [-0.39, 0.29) is 18.3 Å². The third-order valence-electron chi connectivity index (χ3n) is 6.96. The molecule has 0 aliphatic carbocycles. The van der Waals surface area contributed by atoms with Crippen molar-refractivity contribution in [3.05, 3.63) is 103 Å². The van der Waals surface area contributed by atoms with E-state index < -0.39 is 0 Å². The second kappa shape index (κ2) is 8.33. The first-order valence-corrected chi connectivity index (χ1v) is 11.5. The van der Waals surface area contributed by atoms with Gasteiger partial charge < -0.3 is 9.31 Å². The van der Waals surface area contributed by atoms with Gasteiger partial charge in [0.2, 0.25) is 0 Å². The SMILES string of the molecule is CC1(C)OB(c2ccc(-c3cccc(-c4ccc(-c5ccccc5)cc4)c3)cc2)OC1(C)C. The summed E-state index contributed by atoms with van der Waals surface area (Å²) in [6.45, 7) is 8.33. The molecule has 1 saturated heterocycles. The van der Waals surface area contributed by atoms with E-state index in [1.807, 2.05) is 6.07 Å². The molecule has 0 unspecified atom stereocenters. The lowest BCUT2D eigenvalue weighted by molar-refractivity contribution is 0.00578. The van der Waals surface area contributed by atoms with Crippen LogP contribution in [-0.4, -0.2) is 18.3 Å². The highest BCUT2D eigenvalue weighted by Gasteiger charge is 2.51. The minimum absolute atomic E-state index is 0.333. The summed E-state index contributed by atoms with van der Waals surface area (Å²) in [5.41, 5.74) is 7.64. The molecule has 1 fully saturated rings. The van der Waals surface area contributed by atoms with Crippen LogP contribution in [0.5, 0.6) is 0 Å². The van der Waals surface area contributed by atoms with Gasteiger partial charge in [-0.3, -0.25) is 0 Å². The zero-order chi connectivity index (χ0) is 23.1. The highest BCUT2D eigenvalue weighted by atomic mass is 16.7. The molecule has 2 nitrogen and oxygen atoms in total. The van der Waals surface area contributed by atoms with Crippen LogP contribution in [0.1, 0.15) is 27.7 Å². The first kappa shape index (κ1) is 21.7. The highest BCUT2D eigenvalue weighted by Crippen LogP contribution is 2.36. The molecule has 0 amide bonds. The summed E-state index contributed by atoms with van der Waals surface area (Å²) in [4.78, 5) is 0. The summed E-state index contributed by atoms with van der Waals surface area (Å²) >= 11 is 0. The van der Waals surface area contributed by atoms with E-state index in [0.717, 1.165) is 5.46 Å². The second-order valence-corrected chi connectivity index (χ2v) is 9.73. The van der Waals surface area contributed by atoms with Crippen LogP contribution < -0.4 is 5.46 Å². The quantitative estimate of drug-likeness (QED) is 0.324. The van der Waals surface area contributed by atoms with Crippen molar-refractivity contribution in [2.45, 2.75) is 38.9 Å². The van der Waals surface area contributed by atoms with Crippen LogP contribution in [0.2, 0.25) is 0 Å². The summed E-state index contributed by atoms with van der Waals surface area (Å²) < 4.78 is 12.4. The van der Waals surface area contributed by atoms with Crippen LogP contribution in [-0.2, 0) is 9.31 Å². The van der Waals surface area contributed by atoms with Crippen LogP contribution in [0, 0.1) is 0 Å². The molecule has 5 rings (SSSR count). The molecule has 0 aromatic heterocycles. The van der Waals surface area contributed by atoms with Crippen molar-refractivity contribution in [1.82, 2.24) is 0 Å². The molecule has 3 heteroatoms. The first-order chi connectivity index (χ1) is 15.8. The molecule has 4 aromatic carbocycles. The van der Waals surface area contributed by atoms with Gasteiger partial charge in [0, 0.05) is 0 Å². The van der Waals surface area contributed by atoms with Crippen molar-refractivity contribution < 1.29 is 9.31 Å². The maximum absolute atomic E-state index is 6.19. The van der Waals surface area contributed by atoms with E-state index in [1.54, 1.807) is 0 Å². The Labute approximate surface area is 197 Å². The Morgan fingerprint density at radius 2 is 0.848 bits per heavy atom. The Bertz CT molecular complexity index is 1230. The predicted molar refractivity (Wildman–Crippen MR) is 138 cm³/mol. The Balaban J connectivity index is 1.36. The molecule has 1 aliphatic rings. The second-order valence-electron chi connectivity index (χ2n) is 9.73. The lowest BCUT2D eigenvalue weighted by Crippen LogP contribution is -2.41. The molecular weight excluding hydrogens is 403 g/mol. The van der Waals surface area contributed by atoms with E-state index in [2.05, 4.69) is 125 Å². The van der Waals surface area contributed by atoms with Gasteiger partial charge in [0.1, 0.15) is 0 Å². The summed E-state index contributed by atoms with van der Waals surface area (Å²) in [6, 6.07) is 36.5. The maximum Gasteiger partial charge on any atom is 0.494 e. The van der Waals surface area contributed by atoms with Crippen molar-refractivity contribution in [3.63, 3.8) is 0 Å². The fourth-order valence-electron chi connectivity index (χ4n) is 4.18.